The molecule has 0 bridgehead atoms. The molecule has 0 spiro atoms. The molecule has 17 heavy (non-hydrogen) atoms. The highest BCUT2D eigenvalue weighted by Gasteiger charge is 2.17. The average molecular weight is 233 g/mol. The van der Waals surface area contributed by atoms with Crippen LogP contribution in [0.15, 0.2) is 24.0 Å². The zero-order valence-corrected chi connectivity index (χ0v) is 10.9. The van der Waals surface area contributed by atoms with E-state index in [2.05, 4.69) is 35.2 Å². The molecule has 2 rings (SSSR count). The number of allylic oxidation sites excluding steroid dienone is 2. The van der Waals surface area contributed by atoms with Gasteiger partial charge in [0.05, 0.1) is 0 Å². The topological polar surface area (TPSA) is 40.7 Å². The fourth-order valence-electron chi connectivity index (χ4n) is 2.79. The van der Waals surface area contributed by atoms with Crippen molar-refractivity contribution in [3.05, 3.63) is 29.9 Å². The summed E-state index contributed by atoms with van der Waals surface area (Å²) in [6, 6.07) is 0. The Kier molecular flexibility index (Phi) is 4.37. The Morgan fingerprint density at radius 1 is 1.53 bits per heavy atom. The number of H-pyrrole nitrogens is 1. The molecule has 0 aliphatic heterocycles. The second-order valence-corrected chi connectivity index (χ2v) is 5.29. The summed E-state index contributed by atoms with van der Waals surface area (Å²) >= 11 is 0. The first kappa shape index (κ1) is 12.4. The molecule has 3 nitrogen and oxygen atoms in total. The van der Waals surface area contributed by atoms with Crippen molar-refractivity contribution in [2.45, 2.75) is 33.1 Å². The summed E-state index contributed by atoms with van der Waals surface area (Å²) in [6.45, 7) is 6.72. The number of aromatic nitrogens is 2. The van der Waals surface area contributed by atoms with Gasteiger partial charge in [-0.2, -0.15) is 0 Å². The number of rotatable bonds is 5. The summed E-state index contributed by atoms with van der Waals surface area (Å²) in [7, 11) is 0. The second-order valence-electron chi connectivity index (χ2n) is 5.29. The van der Waals surface area contributed by atoms with Gasteiger partial charge in [0.25, 0.3) is 0 Å². The lowest BCUT2D eigenvalue weighted by atomic mass is 9.84. The zero-order chi connectivity index (χ0) is 12.1. The molecule has 0 fully saturated rings. The lowest BCUT2D eigenvalue weighted by Crippen LogP contribution is -2.27. The number of imidazole rings is 1. The van der Waals surface area contributed by atoms with Crippen LogP contribution in [0.1, 0.15) is 32.5 Å². The van der Waals surface area contributed by atoms with Crippen LogP contribution >= 0.6 is 0 Å². The highest BCUT2D eigenvalue weighted by molar-refractivity contribution is 5.06. The molecule has 0 amide bonds. The third kappa shape index (κ3) is 4.00. The van der Waals surface area contributed by atoms with Crippen LogP contribution in [0, 0.1) is 11.8 Å². The average Bonchev–Trinajstić information content (AvgIpc) is 2.76. The molecule has 3 heteroatoms. The molecule has 2 atom stereocenters. The highest BCUT2D eigenvalue weighted by atomic mass is 14.9. The van der Waals surface area contributed by atoms with Crippen LogP contribution in [-0.4, -0.2) is 23.1 Å². The van der Waals surface area contributed by atoms with Gasteiger partial charge in [-0.3, -0.25) is 0 Å². The molecule has 0 saturated carbocycles. The fraction of sp³-hybridized carbons (Fsp3) is 0.643. The molecule has 1 aromatic heterocycles. The first-order valence-electron chi connectivity index (χ1n) is 6.60. The molecule has 2 unspecified atom stereocenters. The number of hydrogen-bond acceptors (Lipinski definition) is 2. The molecule has 1 aromatic rings. The standard InChI is InChI=1S/C14H23N3/c1-11-7-12(2)9-13(8-11)10-15-4-3-14-16-5-6-17-14/h5-7,11,13,15H,3-4,8-10H2,1-2H3,(H,16,17). The number of nitrogens with zero attached hydrogens (tertiary/aromatic N) is 1. The molecule has 2 N–H and O–H groups in total. The summed E-state index contributed by atoms with van der Waals surface area (Å²) in [6.07, 6.45) is 9.69. The lowest BCUT2D eigenvalue weighted by Gasteiger charge is -2.25. The van der Waals surface area contributed by atoms with Crippen molar-refractivity contribution >= 4 is 0 Å². The van der Waals surface area contributed by atoms with E-state index in [4.69, 9.17) is 0 Å². The van der Waals surface area contributed by atoms with Crippen LogP contribution in [0.3, 0.4) is 0 Å². The summed E-state index contributed by atoms with van der Waals surface area (Å²) in [5.41, 5.74) is 1.56. The minimum atomic E-state index is 0.751. The Hall–Kier alpha value is -1.09. The van der Waals surface area contributed by atoms with Crippen molar-refractivity contribution in [1.29, 1.82) is 0 Å². The fourth-order valence-corrected chi connectivity index (χ4v) is 2.79. The van der Waals surface area contributed by atoms with Gasteiger partial charge in [0.1, 0.15) is 5.82 Å². The highest BCUT2D eigenvalue weighted by Crippen LogP contribution is 2.27. The Labute approximate surface area is 104 Å². The number of aromatic amines is 1. The normalized spacial score (nSPS) is 24.7. The van der Waals surface area contributed by atoms with Gasteiger partial charge in [0.2, 0.25) is 0 Å². The summed E-state index contributed by atoms with van der Waals surface area (Å²) in [5.74, 6) is 2.64. The van der Waals surface area contributed by atoms with Crippen molar-refractivity contribution in [2.75, 3.05) is 13.1 Å². The Balaban J connectivity index is 1.64. The molecule has 1 aliphatic carbocycles. The van der Waals surface area contributed by atoms with Crippen LogP contribution < -0.4 is 5.32 Å². The first-order valence-corrected chi connectivity index (χ1v) is 6.60. The summed E-state index contributed by atoms with van der Waals surface area (Å²) in [4.78, 5) is 7.35. The molecular weight excluding hydrogens is 210 g/mol. The van der Waals surface area contributed by atoms with Gasteiger partial charge >= 0.3 is 0 Å². The monoisotopic (exact) mass is 233 g/mol. The van der Waals surface area contributed by atoms with Gasteiger partial charge < -0.3 is 10.3 Å². The maximum absolute atomic E-state index is 4.22. The van der Waals surface area contributed by atoms with E-state index in [1.165, 1.54) is 12.8 Å². The second kappa shape index (κ2) is 6.01. The SMILES string of the molecule is CC1=CC(C)CC(CNCCc2ncc[nH]2)C1. The number of hydrogen-bond donors (Lipinski definition) is 2. The van der Waals surface area contributed by atoms with E-state index in [1.54, 1.807) is 5.57 Å². The molecule has 94 valence electrons. The van der Waals surface area contributed by atoms with Crippen LogP contribution in [-0.2, 0) is 6.42 Å². The van der Waals surface area contributed by atoms with E-state index >= 15 is 0 Å². The Bertz CT molecular complexity index is 354. The molecule has 0 radical (unpaired) electrons. The van der Waals surface area contributed by atoms with E-state index in [-0.39, 0.29) is 0 Å². The first-order chi connectivity index (χ1) is 8.24. The number of nitrogens with one attached hydrogen (secondary N) is 2. The molecule has 1 aliphatic rings. The van der Waals surface area contributed by atoms with Gasteiger partial charge in [0, 0.05) is 25.4 Å². The van der Waals surface area contributed by atoms with E-state index < -0.39 is 0 Å². The van der Waals surface area contributed by atoms with Crippen molar-refractivity contribution in [3.63, 3.8) is 0 Å². The third-order valence-electron chi connectivity index (χ3n) is 3.41. The molecular formula is C14H23N3. The maximum Gasteiger partial charge on any atom is 0.107 e. The van der Waals surface area contributed by atoms with Crippen molar-refractivity contribution in [2.24, 2.45) is 11.8 Å². The third-order valence-corrected chi connectivity index (χ3v) is 3.41. The van der Waals surface area contributed by atoms with Crippen molar-refractivity contribution in [3.8, 4) is 0 Å². The minimum absolute atomic E-state index is 0.751. The zero-order valence-electron chi connectivity index (χ0n) is 10.9. The predicted molar refractivity (Wildman–Crippen MR) is 70.8 cm³/mol. The lowest BCUT2D eigenvalue weighted by molar-refractivity contribution is 0.382. The molecule has 1 heterocycles. The van der Waals surface area contributed by atoms with Gasteiger partial charge in [-0.25, -0.2) is 4.98 Å². The Morgan fingerprint density at radius 2 is 2.41 bits per heavy atom. The quantitative estimate of drug-likeness (QED) is 0.606. The van der Waals surface area contributed by atoms with E-state index in [9.17, 15) is 0 Å². The largest absolute Gasteiger partial charge is 0.349 e. The van der Waals surface area contributed by atoms with Gasteiger partial charge in [0.15, 0.2) is 0 Å². The van der Waals surface area contributed by atoms with E-state index in [0.29, 0.717) is 0 Å². The smallest absolute Gasteiger partial charge is 0.107 e. The van der Waals surface area contributed by atoms with Crippen LogP contribution in [0.2, 0.25) is 0 Å². The van der Waals surface area contributed by atoms with Crippen LogP contribution in [0.5, 0.6) is 0 Å². The van der Waals surface area contributed by atoms with E-state index in [0.717, 1.165) is 37.2 Å². The predicted octanol–water partition coefficient (Wildman–Crippen LogP) is 2.53. The van der Waals surface area contributed by atoms with Gasteiger partial charge in [-0.1, -0.05) is 18.6 Å². The van der Waals surface area contributed by atoms with Gasteiger partial charge in [-0.05, 0) is 38.1 Å². The molecule has 0 aromatic carbocycles. The van der Waals surface area contributed by atoms with Crippen molar-refractivity contribution in [1.82, 2.24) is 15.3 Å². The van der Waals surface area contributed by atoms with Gasteiger partial charge in [-0.15, -0.1) is 0 Å². The van der Waals surface area contributed by atoms with Crippen LogP contribution in [0.4, 0.5) is 0 Å². The minimum Gasteiger partial charge on any atom is -0.349 e. The Morgan fingerprint density at radius 3 is 3.12 bits per heavy atom. The van der Waals surface area contributed by atoms with E-state index in [1.807, 2.05) is 12.4 Å². The van der Waals surface area contributed by atoms with Crippen molar-refractivity contribution < 1.29 is 0 Å². The summed E-state index contributed by atoms with van der Waals surface area (Å²) < 4.78 is 0. The van der Waals surface area contributed by atoms with Crippen LogP contribution in [0.25, 0.3) is 0 Å². The summed E-state index contributed by atoms with van der Waals surface area (Å²) in [5, 5.41) is 3.55. The maximum atomic E-state index is 4.22. The molecule has 0 saturated heterocycles.